The number of rotatable bonds is 6. The van der Waals surface area contributed by atoms with Gasteiger partial charge in [0.15, 0.2) is 0 Å². The summed E-state index contributed by atoms with van der Waals surface area (Å²) in [6, 6.07) is 16.0. The molecule has 6 rings (SSSR count). The van der Waals surface area contributed by atoms with Gasteiger partial charge in [0.25, 0.3) is 0 Å². The van der Waals surface area contributed by atoms with Gasteiger partial charge in [0.2, 0.25) is 5.91 Å². The molecule has 0 aliphatic carbocycles. The summed E-state index contributed by atoms with van der Waals surface area (Å²) in [6.45, 7) is 1.96. The monoisotopic (exact) mass is 491 g/mol. The number of hydrogen-bond donors (Lipinski definition) is 3. The Morgan fingerprint density at radius 1 is 1.05 bits per heavy atom. The molecule has 5 heterocycles. The van der Waals surface area contributed by atoms with Gasteiger partial charge >= 0.3 is 0 Å². The number of nitrogens with one attached hydrogen (secondary N) is 3. The third-order valence-electron chi connectivity index (χ3n) is 6.15. The SMILES string of the molecule is CCCC(=O)Nc1cncc(-c2ccc3[nH]nc(-c4cc5c(-c6ccccc6F)ccnc5[nH]4)c3n2)c1. The zero-order valence-electron chi connectivity index (χ0n) is 19.9. The van der Waals surface area contributed by atoms with E-state index in [-0.39, 0.29) is 11.7 Å². The van der Waals surface area contributed by atoms with Gasteiger partial charge < -0.3 is 10.3 Å². The largest absolute Gasteiger partial charge is 0.338 e. The van der Waals surface area contributed by atoms with Crippen molar-refractivity contribution in [3.63, 3.8) is 0 Å². The first kappa shape index (κ1) is 22.5. The molecular weight excluding hydrogens is 469 g/mol. The van der Waals surface area contributed by atoms with E-state index in [1.165, 1.54) is 6.07 Å². The van der Waals surface area contributed by atoms with E-state index in [4.69, 9.17) is 4.98 Å². The molecule has 0 spiro atoms. The number of fused-ring (bicyclic) bond motifs is 2. The summed E-state index contributed by atoms with van der Waals surface area (Å²) in [6.07, 6.45) is 6.19. The van der Waals surface area contributed by atoms with Gasteiger partial charge in [0, 0.05) is 35.3 Å². The average Bonchev–Trinajstić information content (AvgIpc) is 3.53. The predicted octanol–water partition coefficient (Wildman–Crippen LogP) is 6.11. The lowest BCUT2D eigenvalue weighted by molar-refractivity contribution is -0.116. The maximum atomic E-state index is 14.5. The lowest BCUT2D eigenvalue weighted by Gasteiger charge is -2.06. The van der Waals surface area contributed by atoms with Crippen LogP contribution in [-0.4, -0.2) is 36.0 Å². The van der Waals surface area contributed by atoms with Crippen molar-refractivity contribution in [2.45, 2.75) is 19.8 Å². The zero-order valence-corrected chi connectivity index (χ0v) is 19.9. The number of pyridine rings is 3. The predicted molar refractivity (Wildman–Crippen MR) is 141 cm³/mol. The van der Waals surface area contributed by atoms with Gasteiger partial charge in [-0.15, -0.1) is 0 Å². The molecule has 0 aliphatic heterocycles. The van der Waals surface area contributed by atoms with Gasteiger partial charge in [-0.05, 0) is 48.4 Å². The minimum absolute atomic E-state index is 0.0517. The van der Waals surface area contributed by atoms with Crippen LogP contribution in [0.3, 0.4) is 0 Å². The first-order chi connectivity index (χ1) is 18.1. The molecule has 0 atom stereocenters. The van der Waals surface area contributed by atoms with E-state index in [2.05, 4.69) is 30.5 Å². The number of carbonyl (C=O) groups is 1. The molecule has 0 radical (unpaired) electrons. The molecule has 5 aromatic heterocycles. The van der Waals surface area contributed by atoms with Crippen LogP contribution >= 0.6 is 0 Å². The Morgan fingerprint density at radius 3 is 2.81 bits per heavy atom. The molecule has 8 nitrogen and oxygen atoms in total. The Kier molecular flexibility index (Phi) is 5.65. The highest BCUT2D eigenvalue weighted by Crippen LogP contribution is 2.34. The molecule has 0 unspecified atom stereocenters. The van der Waals surface area contributed by atoms with E-state index in [0.29, 0.717) is 45.9 Å². The second-order valence-electron chi connectivity index (χ2n) is 8.71. The lowest BCUT2D eigenvalue weighted by atomic mass is 10.0. The van der Waals surface area contributed by atoms with Crippen LogP contribution in [0, 0.1) is 5.82 Å². The summed E-state index contributed by atoms with van der Waals surface area (Å²) in [7, 11) is 0. The number of benzene rings is 1. The second kappa shape index (κ2) is 9.27. The van der Waals surface area contributed by atoms with Crippen LogP contribution in [0.4, 0.5) is 10.1 Å². The van der Waals surface area contributed by atoms with Crippen molar-refractivity contribution < 1.29 is 9.18 Å². The van der Waals surface area contributed by atoms with E-state index in [1.54, 1.807) is 36.8 Å². The summed E-state index contributed by atoms with van der Waals surface area (Å²) in [5.41, 5.74) is 6.71. The van der Waals surface area contributed by atoms with Gasteiger partial charge in [-0.25, -0.2) is 14.4 Å². The molecule has 6 aromatic rings. The number of H-pyrrole nitrogens is 2. The van der Waals surface area contributed by atoms with E-state index in [9.17, 15) is 9.18 Å². The Bertz CT molecular complexity index is 1770. The van der Waals surface area contributed by atoms with Gasteiger partial charge in [-0.2, -0.15) is 5.10 Å². The van der Waals surface area contributed by atoms with Crippen LogP contribution in [0.1, 0.15) is 19.8 Å². The quantitative estimate of drug-likeness (QED) is 0.260. The Balaban J connectivity index is 1.41. The molecule has 0 saturated heterocycles. The van der Waals surface area contributed by atoms with Crippen LogP contribution < -0.4 is 5.32 Å². The fourth-order valence-corrected chi connectivity index (χ4v) is 4.42. The highest BCUT2D eigenvalue weighted by Gasteiger charge is 2.17. The molecule has 37 heavy (non-hydrogen) atoms. The molecule has 0 bridgehead atoms. The molecule has 1 amide bonds. The topological polar surface area (TPSA) is 112 Å². The zero-order chi connectivity index (χ0) is 25.4. The molecule has 0 fully saturated rings. The summed E-state index contributed by atoms with van der Waals surface area (Å²) in [4.78, 5) is 28.9. The number of hydrogen-bond acceptors (Lipinski definition) is 5. The number of aromatic nitrogens is 6. The fraction of sp³-hybridized carbons (Fsp3) is 0.107. The van der Waals surface area contributed by atoms with Gasteiger partial charge in [0.1, 0.15) is 22.7 Å². The summed E-state index contributed by atoms with van der Waals surface area (Å²) in [5, 5.41) is 11.2. The third kappa shape index (κ3) is 4.20. The minimum Gasteiger partial charge on any atom is -0.338 e. The standard InChI is InChI=1S/C28H22FN7O/c1-2-5-25(37)32-17-12-16(14-30-15-17)22-8-9-23-26(33-22)27(36-35-23)24-13-20-18(10-11-31-28(20)34-24)19-6-3-4-7-21(19)29/h3-4,6-15H,2,5H2,1H3,(H,31,34)(H,32,37)(H,35,36). The van der Waals surface area contributed by atoms with E-state index >= 15 is 0 Å². The normalized spacial score (nSPS) is 11.3. The molecule has 9 heteroatoms. The highest BCUT2D eigenvalue weighted by atomic mass is 19.1. The minimum atomic E-state index is -0.295. The maximum absolute atomic E-state index is 14.5. The van der Waals surface area contributed by atoms with Crippen molar-refractivity contribution in [1.82, 2.24) is 30.1 Å². The molecule has 1 aromatic carbocycles. The van der Waals surface area contributed by atoms with Gasteiger partial charge in [-0.3, -0.25) is 14.9 Å². The molecule has 182 valence electrons. The van der Waals surface area contributed by atoms with Crippen molar-refractivity contribution in [2.24, 2.45) is 0 Å². The van der Waals surface area contributed by atoms with Crippen LogP contribution in [0.5, 0.6) is 0 Å². The molecule has 3 N–H and O–H groups in total. The van der Waals surface area contributed by atoms with Crippen molar-refractivity contribution >= 4 is 33.7 Å². The highest BCUT2D eigenvalue weighted by molar-refractivity contribution is 5.99. The number of nitrogens with zero attached hydrogens (tertiary/aromatic N) is 4. The van der Waals surface area contributed by atoms with Crippen LogP contribution in [0.15, 0.2) is 73.2 Å². The van der Waals surface area contributed by atoms with E-state index in [0.717, 1.165) is 28.5 Å². The van der Waals surface area contributed by atoms with E-state index < -0.39 is 0 Å². The lowest BCUT2D eigenvalue weighted by Crippen LogP contribution is -2.10. The number of aromatic amines is 2. The van der Waals surface area contributed by atoms with Crippen molar-refractivity contribution in [2.75, 3.05) is 5.32 Å². The average molecular weight is 492 g/mol. The Hall–Kier alpha value is -4.92. The van der Waals surface area contributed by atoms with Crippen molar-refractivity contribution in [3.8, 4) is 33.8 Å². The third-order valence-corrected chi connectivity index (χ3v) is 6.15. The number of anilines is 1. The van der Waals surface area contributed by atoms with Crippen molar-refractivity contribution in [1.29, 1.82) is 0 Å². The molecule has 0 saturated carbocycles. The Morgan fingerprint density at radius 2 is 1.95 bits per heavy atom. The van der Waals surface area contributed by atoms with Gasteiger partial charge in [-0.1, -0.05) is 25.1 Å². The molecular formula is C28H22FN7O. The molecule has 0 aliphatic rings. The Labute approximate surface area is 211 Å². The number of halogens is 1. The van der Waals surface area contributed by atoms with Crippen molar-refractivity contribution in [3.05, 3.63) is 79.0 Å². The van der Waals surface area contributed by atoms with E-state index in [1.807, 2.05) is 37.3 Å². The van der Waals surface area contributed by atoms with Crippen LogP contribution in [0.25, 0.3) is 55.8 Å². The summed E-state index contributed by atoms with van der Waals surface area (Å²) >= 11 is 0. The smallest absolute Gasteiger partial charge is 0.224 e. The van der Waals surface area contributed by atoms with Crippen LogP contribution in [0.2, 0.25) is 0 Å². The second-order valence-corrected chi connectivity index (χ2v) is 8.71. The van der Waals surface area contributed by atoms with Crippen LogP contribution in [-0.2, 0) is 4.79 Å². The summed E-state index contributed by atoms with van der Waals surface area (Å²) < 4.78 is 14.5. The number of amides is 1. The van der Waals surface area contributed by atoms with Gasteiger partial charge in [0.05, 0.1) is 28.8 Å². The summed E-state index contributed by atoms with van der Waals surface area (Å²) in [5.74, 6) is -0.347. The number of carbonyl (C=O) groups excluding carboxylic acids is 1. The first-order valence-electron chi connectivity index (χ1n) is 11.9. The first-order valence-corrected chi connectivity index (χ1v) is 11.9. The fourth-order valence-electron chi connectivity index (χ4n) is 4.42. The maximum Gasteiger partial charge on any atom is 0.224 e.